The molecule has 2 aliphatic carbocycles. The molecule has 0 saturated heterocycles. The summed E-state index contributed by atoms with van der Waals surface area (Å²) in [5.74, 6) is 0.694. The second kappa shape index (κ2) is 5.41. The maximum absolute atomic E-state index is 11.4. The molecule has 2 rings (SSSR count). The molecule has 1 N–H and O–H groups in total. The SMILES string of the molecule is CC(C)(C)OC1C=C(OC2CC2)C=C(NS(C)(=O)=O)C1. The zero-order chi connectivity index (χ0) is 15.0. The van der Waals surface area contributed by atoms with Crippen LogP contribution in [0.2, 0.25) is 0 Å². The largest absolute Gasteiger partial charge is 0.491 e. The number of rotatable bonds is 5. The molecule has 1 atom stereocenters. The van der Waals surface area contributed by atoms with Crippen LogP contribution in [0.1, 0.15) is 40.0 Å². The van der Waals surface area contributed by atoms with Gasteiger partial charge in [0, 0.05) is 12.1 Å². The van der Waals surface area contributed by atoms with E-state index in [1.807, 2.05) is 26.8 Å². The minimum atomic E-state index is -3.28. The first-order chi connectivity index (χ1) is 9.11. The normalized spacial score (nSPS) is 23.9. The Bertz CT molecular complexity index is 524. The van der Waals surface area contributed by atoms with E-state index < -0.39 is 10.0 Å². The van der Waals surface area contributed by atoms with Crippen LogP contribution in [0.5, 0.6) is 0 Å². The second-order valence-electron chi connectivity index (χ2n) is 6.40. The molecule has 0 radical (unpaired) electrons. The van der Waals surface area contributed by atoms with Gasteiger partial charge in [-0.2, -0.15) is 0 Å². The Morgan fingerprint density at radius 2 is 1.95 bits per heavy atom. The van der Waals surface area contributed by atoms with Gasteiger partial charge < -0.3 is 9.47 Å². The average Bonchev–Trinajstić information content (AvgIpc) is 2.94. The van der Waals surface area contributed by atoms with Crippen molar-refractivity contribution in [1.82, 2.24) is 4.72 Å². The van der Waals surface area contributed by atoms with Gasteiger partial charge in [0.05, 0.1) is 24.1 Å². The van der Waals surface area contributed by atoms with Gasteiger partial charge in [0.2, 0.25) is 10.0 Å². The standard InChI is InChI=1S/C14H23NO4S/c1-14(2,3)19-13-8-10(15-20(4,16)17)7-12(9-13)18-11-5-6-11/h7,9,11,13,15H,5-6,8H2,1-4H3. The van der Waals surface area contributed by atoms with Crippen LogP contribution >= 0.6 is 0 Å². The molecule has 0 aromatic heterocycles. The summed E-state index contributed by atoms with van der Waals surface area (Å²) in [6, 6.07) is 0. The van der Waals surface area contributed by atoms with E-state index in [-0.39, 0.29) is 17.8 Å². The first-order valence-electron chi connectivity index (χ1n) is 6.85. The Balaban J connectivity index is 2.11. The van der Waals surface area contributed by atoms with Crippen LogP contribution in [-0.4, -0.2) is 32.5 Å². The van der Waals surface area contributed by atoms with E-state index in [2.05, 4.69) is 4.72 Å². The van der Waals surface area contributed by atoms with Gasteiger partial charge in [-0.25, -0.2) is 8.42 Å². The molecule has 1 fully saturated rings. The molecule has 114 valence electrons. The molecule has 0 amide bonds. The Hall–Kier alpha value is -1.01. The van der Waals surface area contributed by atoms with E-state index in [4.69, 9.17) is 9.47 Å². The van der Waals surface area contributed by atoms with Crippen LogP contribution in [-0.2, 0) is 19.5 Å². The Morgan fingerprint density at radius 1 is 1.30 bits per heavy atom. The monoisotopic (exact) mass is 301 g/mol. The smallest absolute Gasteiger partial charge is 0.229 e. The van der Waals surface area contributed by atoms with Gasteiger partial charge in [-0.15, -0.1) is 0 Å². The van der Waals surface area contributed by atoms with Crippen LogP contribution in [0.3, 0.4) is 0 Å². The van der Waals surface area contributed by atoms with Crippen molar-refractivity contribution in [2.24, 2.45) is 0 Å². The van der Waals surface area contributed by atoms with Crippen molar-refractivity contribution >= 4 is 10.0 Å². The fourth-order valence-electron chi connectivity index (χ4n) is 2.03. The van der Waals surface area contributed by atoms with Crippen LogP contribution in [0.15, 0.2) is 23.6 Å². The summed E-state index contributed by atoms with van der Waals surface area (Å²) in [4.78, 5) is 0. The van der Waals surface area contributed by atoms with Gasteiger partial charge in [0.15, 0.2) is 0 Å². The highest BCUT2D eigenvalue weighted by Gasteiger charge is 2.28. The fourth-order valence-corrected chi connectivity index (χ4v) is 2.65. The molecule has 20 heavy (non-hydrogen) atoms. The van der Waals surface area contributed by atoms with Gasteiger partial charge >= 0.3 is 0 Å². The molecule has 1 unspecified atom stereocenters. The van der Waals surface area contributed by atoms with E-state index in [1.165, 1.54) is 0 Å². The highest BCUT2D eigenvalue weighted by molar-refractivity contribution is 7.88. The van der Waals surface area contributed by atoms with Crippen LogP contribution in [0.4, 0.5) is 0 Å². The molecular weight excluding hydrogens is 278 g/mol. The zero-order valence-corrected chi connectivity index (χ0v) is 13.3. The molecule has 0 spiro atoms. The molecule has 0 heterocycles. The third kappa shape index (κ3) is 5.54. The van der Waals surface area contributed by atoms with Crippen molar-refractivity contribution in [3.63, 3.8) is 0 Å². The van der Waals surface area contributed by atoms with E-state index in [9.17, 15) is 8.42 Å². The van der Waals surface area contributed by atoms with Gasteiger partial charge in [-0.3, -0.25) is 4.72 Å². The zero-order valence-electron chi connectivity index (χ0n) is 12.5. The molecule has 0 aliphatic heterocycles. The Kier molecular flexibility index (Phi) is 4.16. The number of allylic oxidation sites excluding steroid dienone is 1. The molecule has 0 aromatic rings. The van der Waals surface area contributed by atoms with Gasteiger partial charge in [0.25, 0.3) is 0 Å². The van der Waals surface area contributed by atoms with Crippen molar-refractivity contribution < 1.29 is 17.9 Å². The summed E-state index contributed by atoms with van der Waals surface area (Å²) in [6.07, 6.45) is 7.53. The second-order valence-corrected chi connectivity index (χ2v) is 8.15. The predicted molar refractivity (Wildman–Crippen MR) is 77.5 cm³/mol. The summed E-state index contributed by atoms with van der Waals surface area (Å²) in [6.45, 7) is 5.93. The lowest BCUT2D eigenvalue weighted by Gasteiger charge is -2.29. The summed E-state index contributed by atoms with van der Waals surface area (Å²) >= 11 is 0. The quantitative estimate of drug-likeness (QED) is 0.844. The minimum absolute atomic E-state index is 0.182. The maximum Gasteiger partial charge on any atom is 0.229 e. The Labute approximate surface area is 121 Å². The summed E-state index contributed by atoms with van der Waals surface area (Å²) < 4.78 is 37.0. The van der Waals surface area contributed by atoms with Crippen molar-refractivity contribution in [1.29, 1.82) is 0 Å². The topological polar surface area (TPSA) is 64.6 Å². The number of hydrogen-bond acceptors (Lipinski definition) is 4. The average molecular weight is 301 g/mol. The third-order valence-corrected chi connectivity index (χ3v) is 3.37. The molecule has 0 bridgehead atoms. The summed E-state index contributed by atoms with van der Waals surface area (Å²) in [5.41, 5.74) is 0.319. The van der Waals surface area contributed by atoms with Gasteiger partial charge in [-0.05, 0) is 45.8 Å². The maximum atomic E-state index is 11.4. The van der Waals surface area contributed by atoms with Gasteiger partial charge in [-0.1, -0.05) is 0 Å². The number of nitrogens with one attached hydrogen (secondary N) is 1. The molecule has 6 heteroatoms. The highest BCUT2D eigenvalue weighted by Crippen LogP contribution is 2.30. The van der Waals surface area contributed by atoms with E-state index >= 15 is 0 Å². The number of ether oxygens (including phenoxy) is 2. The van der Waals surface area contributed by atoms with Gasteiger partial charge in [0.1, 0.15) is 5.76 Å². The molecular formula is C14H23NO4S. The fraction of sp³-hybridized carbons (Fsp3) is 0.714. The minimum Gasteiger partial charge on any atom is -0.491 e. The molecule has 2 aliphatic rings. The van der Waals surface area contributed by atoms with Crippen molar-refractivity contribution in [3.05, 3.63) is 23.6 Å². The molecule has 5 nitrogen and oxygen atoms in total. The van der Waals surface area contributed by atoms with Crippen molar-refractivity contribution in [3.8, 4) is 0 Å². The third-order valence-electron chi connectivity index (χ3n) is 2.74. The number of sulfonamides is 1. The first-order valence-corrected chi connectivity index (χ1v) is 8.74. The summed E-state index contributed by atoms with van der Waals surface area (Å²) in [5, 5.41) is 0. The summed E-state index contributed by atoms with van der Waals surface area (Å²) in [7, 11) is -3.28. The van der Waals surface area contributed by atoms with Crippen molar-refractivity contribution in [2.75, 3.05) is 6.26 Å². The lowest BCUT2D eigenvalue weighted by molar-refractivity contribution is -0.0400. The van der Waals surface area contributed by atoms with Crippen molar-refractivity contribution in [2.45, 2.75) is 57.8 Å². The molecule has 0 aromatic carbocycles. The van der Waals surface area contributed by atoms with E-state index in [0.717, 1.165) is 19.1 Å². The molecule has 1 saturated carbocycles. The highest BCUT2D eigenvalue weighted by atomic mass is 32.2. The lowest BCUT2D eigenvalue weighted by Crippen LogP contribution is -2.32. The van der Waals surface area contributed by atoms with E-state index in [1.54, 1.807) is 6.08 Å². The van der Waals surface area contributed by atoms with Crippen LogP contribution in [0, 0.1) is 0 Å². The Morgan fingerprint density at radius 3 is 2.45 bits per heavy atom. The van der Waals surface area contributed by atoms with E-state index in [0.29, 0.717) is 17.9 Å². The lowest BCUT2D eigenvalue weighted by atomic mass is 10.1. The number of hydrogen-bond donors (Lipinski definition) is 1. The predicted octanol–water partition coefficient (Wildman–Crippen LogP) is 2.07. The first kappa shape index (κ1) is 15.4. The van der Waals surface area contributed by atoms with Crippen LogP contribution in [0.25, 0.3) is 0 Å². The van der Waals surface area contributed by atoms with Crippen LogP contribution < -0.4 is 4.72 Å².